The van der Waals surface area contributed by atoms with E-state index in [1.165, 1.54) is 0 Å². The molecule has 318 valence electrons. The number of rotatable bonds is 13. The van der Waals surface area contributed by atoms with Gasteiger partial charge < -0.3 is 14.6 Å². The van der Waals surface area contributed by atoms with Crippen LogP contribution in [0.5, 0.6) is 0 Å². The van der Waals surface area contributed by atoms with Crippen LogP contribution in [0.4, 0.5) is 5.95 Å². The van der Waals surface area contributed by atoms with Gasteiger partial charge in [-0.25, -0.2) is 9.97 Å². The Hall–Kier alpha value is -7.44. The highest BCUT2D eigenvalue weighted by Crippen LogP contribution is 2.38. The molecule has 0 spiro atoms. The van der Waals surface area contributed by atoms with Gasteiger partial charge in [-0.3, -0.25) is 53.9 Å². The summed E-state index contributed by atoms with van der Waals surface area (Å²) in [6.07, 6.45) is 5.19. The van der Waals surface area contributed by atoms with Crippen molar-refractivity contribution in [3.8, 4) is 11.3 Å². The third-order valence-corrected chi connectivity index (χ3v) is 12.0. The van der Waals surface area contributed by atoms with Gasteiger partial charge in [-0.1, -0.05) is 53.7 Å². The van der Waals surface area contributed by atoms with Crippen LogP contribution in [0.25, 0.3) is 44.2 Å². The summed E-state index contributed by atoms with van der Waals surface area (Å²) in [6.45, 7) is 5.36. The number of aromatic amines is 1. The Labute approximate surface area is 359 Å². The molecule has 2 saturated heterocycles. The molecular formula is C45H41N11O7. The lowest BCUT2D eigenvalue weighted by molar-refractivity contribution is -0.136. The van der Waals surface area contributed by atoms with Crippen molar-refractivity contribution in [2.45, 2.75) is 38.3 Å². The molecule has 6 amide bonds. The normalized spacial score (nSPS) is 18.3. The first-order valence-corrected chi connectivity index (χ1v) is 21.0. The number of ether oxygens (including phenoxy) is 1. The number of anilines is 1. The van der Waals surface area contributed by atoms with Gasteiger partial charge in [0.1, 0.15) is 11.7 Å². The SMILES string of the molecule is O=C1CCC(N2C(=O)c3cccc(-c4cn(CCCCOCCN5CCN(c6nc(C7=C(c8c[nH]c9ccccc89)C(=O)NC7=O)c7ccccc7n6)CC5)nn4)c3C2=O)C(=O)N1. The zero-order valence-electron chi connectivity index (χ0n) is 34.0. The molecular weight excluding hydrogens is 807 g/mol. The highest BCUT2D eigenvalue weighted by molar-refractivity contribution is 6.50. The van der Waals surface area contributed by atoms with E-state index in [1.807, 2.05) is 48.5 Å². The molecule has 3 aromatic heterocycles. The minimum atomic E-state index is -1.05. The minimum absolute atomic E-state index is 0.0453. The number of imide groups is 3. The Kier molecular flexibility index (Phi) is 10.4. The van der Waals surface area contributed by atoms with Crippen molar-refractivity contribution < 1.29 is 33.5 Å². The molecule has 1 unspecified atom stereocenters. The fourth-order valence-corrected chi connectivity index (χ4v) is 8.82. The van der Waals surface area contributed by atoms with E-state index in [-0.39, 0.29) is 35.1 Å². The van der Waals surface area contributed by atoms with E-state index >= 15 is 0 Å². The van der Waals surface area contributed by atoms with Crippen molar-refractivity contribution in [3.63, 3.8) is 0 Å². The highest BCUT2D eigenvalue weighted by Gasteiger charge is 2.46. The molecule has 10 rings (SSSR count). The van der Waals surface area contributed by atoms with Gasteiger partial charge in [-0.05, 0) is 37.5 Å². The monoisotopic (exact) mass is 847 g/mol. The molecule has 2 fully saturated rings. The molecule has 0 aliphatic carbocycles. The average Bonchev–Trinajstić information content (AvgIpc) is 4.07. The standard InChI is InChI=1S/C45H41N11O7/c57-35-15-14-34(40(58)48-35)56-43(61)29-11-7-10-27(36(29)44(56)62)33-25-55(52-51-33)16-5-6-22-63-23-21-53-17-19-54(20-18-53)45-47-32-13-4-2-9-28(32)39(49-45)38-37(41(59)50-42(38)60)30-24-46-31-12-3-1-8-26(30)31/h1-4,7-13,24-25,34,46H,5-6,14-23H2,(H,48,57,58)(H,50,59,60). The number of hydrogen-bond donors (Lipinski definition) is 3. The topological polar surface area (TPSA) is 218 Å². The number of piperazine rings is 1. The van der Waals surface area contributed by atoms with Crippen LogP contribution in [0, 0.1) is 0 Å². The van der Waals surface area contributed by atoms with Crippen molar-refractivity contribution >= 4 is 74.3 Å². The number of fused-ring (bicyclic) bond motifs is 3. The summed E-state index contributed by atoms with van der Waals surface area (Å²) in [5.74, 6) is -2.69. The summed E-state index contributed by atoms with van der Waals surface area (Å²) in [6, 6.07) is 19.1. The summed E-state index contributed by atoms with van der Waals surface area (Å²) >= 11 is 0. The Morgan fingerprint density at radius 1 is 0.714 bits per heavy atom. The average molecular weight is 848 g/mol. The van der Waals surface area contributed by atoms with E-state index < -0.39 is 41.5 Å². The summed E-state index contributed by atoms with van der Waals surface area (Å²) in [7, 11) is 0. The zero-order valence-corrected chi connectivity index (χ0v) is 34.0. The molecule has 18 heteroatoms. The molecule has 4 aliphatic heterocycles. The minimum Gasteiger partial charge on any atom is -0.380 e. The summed E-state index contributed by atoms with van der Waals surface area (Å²) in [5, 5.41) is 14.8. The molecule has 0 saturated carbocycles. The van der Waals surface area contributed by atoms with Crippen molar-refractivity contribution in [2.75, 3.05) is 50.8 Å². The molecule has 1 atom stereocenters. The molecule has 0 bridgehead atoms. The van der Waals surface area contributed by atoms with Crippen LogP contribution in [0.2, 0.25) is 0 Å². The number of unbranched alkanes of at least 4 members (excludes halogenated alkanes) is 1. The number of carbonyl (C=O) groups excluding carboxylic acids is 6. The summed E-state index contributed by atoms with van der Waals surface area (Å²) in [4.78, 5) is 96.2. The summed E-state index contributed by atoms with van der Waals surface area (Å²) < 4.78 is 7.69. The fraction of sp³-hybridized carbons (Fsp3) is 0.289. The Morgan fingerprint density at radius 2 is 1.49 bits per heavy atom. The largest absolute Gasteiger partial charge is 0.380 e. The van der Waals surface area contributed by atoms with Crippen LogP contribution >= 0.6 is 0 Å². The first-order valence-electron chi connectivity index (χ1n) is 21.0. The third-order valence-electron chi connectivity index (χ3n) is 12.0. The van der Waals surface area contributed by atoms with Gasteiger partial charge in [0.15, 0.2) is 0 Å². The van der Waals surface area contributed by atoms with Crippen molar-refractivity contribution in [1.29, 1.82) is 0 Å². The molecule has 0 radical (unpaired) electrons. The van der Waals surface area contributed by atoms with E-state index in [1.54, 1.807) is 35.3 Å². The lowest BCUT2D eigenvalue weighted by atomic mass is 9.97. The number of benzene rings is 3. The van der Waals surface area contributed by atoms with E-state index in [9.17, 15) is 28.8 Å². The zero-order chi connectivity index (χ0) is 43.2. The molecule has 3 aromatic carbocycles. The molecule has 18 nitrogen and oxygen atoms in total. The second-order valence-corrected chi connectivity index (χ2v) is 15.9. The lowest BCUT2D eigenvalue weighted by Crippen LogP contribution is -2.54. The number of nitrogens with zero attached hydrogens (tertiary/aromatic N) is 8. The van der Waals surface area contributed by atoms with Crippen molar-refractivity contribution in [2.24, 2.45) is 0 Å². The number of aromatic nitrogens is 6. The second-order valence-electron chi connectivity index (χ2n) is 15.9. The van der Waals surface area contributed by atoms with Gasteiger partial charge in [0, 0.05) is 85.9 Å². The number of aryl methyl sites for hydroxylation is 1. The van der Waals surface area contributed by atoms with E-state index in [0.717, 1.165) is 48.3 Å². The predicted octanol–water partition coefficient (Wildman–Crippen LogP) is 2.96. The Balaban J connectivity index is 0.717. The maximum absolute atomic E-state index is 13.5. The quantitative estimate of drug-likeness (QED) is 0.113. The van der Waals surface area contributed by atoms with E-state index in [2.05, 4.69) is 35.7 Å². The molecule has 3 N–H and O–H groups in total. The van der Waals surface area contributed by atoms with Crippen LogP contribution in [0.15, 0.2) is 79.1 Å². The van der Waals surface area contributed by atoms with Crippen LogP contribution in [0.1, 0.15) is 57.7 Å². The maximum atomic E-state index is 13.5. The fourth-order valence-electron chi connectivity index (χ4n) is 8.82. The molecule has 7 heterocycles. The number of para-hydroxylation sites is 2. The number of H-pyrrole nitrogens is 1. The number of hydrogen-bond acceptors (Lipinski definition) is 13. The first-order chi connectivity index (χ1) is 30.7. The van der Waals surface area contributed by atoms with Gasteiger partial charge in [0.25, 0.3) is 23.6 Å². The predicted molar refractivity (Wildman–Crippen MR) is 229 cm³/mol. The number of carbonyl (C=O) groups is 6. The first kappa shape index (κ1) is 39.7. The van der Waals surface area contributed by atoms with Gasteiger partial charge in [-0.2, -0.15) is 0 Å². The van der Waals surface area contributed by atoms with Crippen molar-refractivity contribution in [3.05, 3.63) is 102 Å². The lowest BCUT2D eigenvalue weighted by Gasteiger charge is -2.34. The van der Waals surface area contributed by atoms with E-state index in [4.69, 9.17) is 14.7 Å². The number of amides is 6. The number of piperidine rings is 1. The second kappa shape index (κ2) is 16.4. The molecule has 6 aromatic rings. The number of nitrogens with one attached hydrogen (secondary N) is 3. The van der Waals surface area contributed by atoms with Crippen molar-refractivity contribution in [1.82, 2.24) is 50.4 Å². The van der Waals surface area contributed by atoms with Gasteiger partial charge in [-0.15, -0.1) is 5.10 Å². The molecule has 4 aliphatic rings. The van der Waals surface area contributed by atoms with Crippen LogP contribution in [-0.2, 0) is 30.5 Å². The summed E-state index contributed by atoms with van der Waals surface area (Å²) in [5.41, 5.74) is 4.39. The van der Waals surface area contributed by atoms with Gasteiger partial charge >= 0.3 is 0 Å². The molecule has 63 heavy (non-hydrogen) atoms. The highest BCUT2D eigenvalue weighted by atomic mass is 16.5. The Morgan fingerprint density at radius 3 is 2.33 bits per heavy atom. The third kappa shape index (κ3) is 7.31. The van der Waals surface area contributed by atoms with Gasteiger partial charge in [0.2, 0.25) is 17.8 Å². The van der Waals surface area contributed by atoms with E-state index in [0.29, 0.717) is 72.2 Å². The van der Waals surface area contributed by atoms with Gasteiger partial charge in [0.05, 0.1) is 46.3 Å². The Bertz CT molecular complexity index is 2910. The smallest absolute Gasteiger partial charge is 0.262 e. The maximum Gasteiger partial charge on any atom is 0.262 e. The van der Waals surface area contributed by atoms with Crippen LogP contribution in [0.3, 0.4) is 0 Å². The van der Waals surface area contributed by atoms with Crippen LogP contribution in [-0.4, -0.2) is 127 Å². The van der Waals surface area contributed by atoms with Crippen LogP contribution < -0.4 is 15.5 Å².